The number of hydrogen-bond donors (Lipinski definition) is 1. The fourth-order valence-corrected chi connectivity index (χ4v) is 3.31. The molecule has 0 spiro atoms. The van der Waals surface area contributed by atoms with E-state index < -0.39 is 5.97 Å². The lowest BCUT2D eigenvalue weighted by Crippen LogP contribution is -2.50. The van der Waals surface area contributed by atoms with Crippen molar-refractivity contribution >= 4 is 11.7 Å². The monoisotopic (exact) mass is 324 g/mol. The van der Waals surface area contributed by atoms with Crippen LogP contribution in [0.2, 0.25) is 0 Å². The molecule has 3 rings (SSSR count). The maximum absolute atomic E-state index is 11.0. The number of carbonyl (C=O) groups is 1. The number of anilines is 1. The number of carboxylic acid groups (broad SMARTS) is 1. The number of nitrogens with zero attached hydrogens (tertiary/aromatic N) is 4. The summed E-state index contributed by atoms with van der Waals surface area (Å²) >= 11 is 0. The highest BCUT2D eigenvalue weighted by Crippen LogP contribution is 2.33. The lowest BCUT2D eigenvalue weighted by molar-refractivity contribution is -0.142. The Morgan fingerprint density at radius 1 is 1.42 bits per heavy atom. The molecule has 6 heteroatoms. The number of aryl methyl sites for hydroxylation is 2. The molecule has 2 aromatic rings. The van der Waals surface area contributed by atoms with E-state index in [2.05, 4.69) is 18.1 Å². The van der Waals surface area contributed by atoms with Gasteiger partial charge in [0.25, 0.3) is 0 Å². The second kappa shape index (κ2) is 6.00. The molecule has 0 amide bonds. The highest BCUT2D eigenvalue weighted by atomic mass is 16.4. The van der Waals surface area contributed by atoms with Gasteiger partial charge in [0.2, 0.25) is 0 Å². The molecule has 1 fully saturated rings. The van der Waals surface area contributed by atoms with E-state index in [1.165, 1.54) is 0 Å². The second-order valence-corrected chi connectivity index (χ2v) is 6.15. The molecule has 0 aliphatic carbocycles. The predicted octanol–water partition coefficient (Wildman–Crippen LogP) is 2.58. The zero-order valence-corrected chi connectivity index (χ0v) is 14.1. The Morgan fingerprint density at radius 3 is 2.67 bits per heavy atom. The molecule has 1 aromatic carbocycles. The Morgan fingerprint density at radius 2 is 2.12 bits per heavy atom. The number of nitriles is 1. The highest BCUT2D eigenvalue weighted by Gasteiger charge is 2.33. The van der Waals surface area contributed by atoms with Crippen molar-refractivity contribution in [3.05, 3.63) is 35.2 Å². The van der Waals surface area contributed by atoms with Gasteiger partial charge in [-0.05, 0) is 38.5 Å². The Bertz CT molecular complexity index is 841. The lowest BCUT2D eigenvalue weighted by Gasteiger charge is -2.39. The summed E-state index contributed by atoms with van der Waals surface area (Å²) in [5.41, 5.74) is 5.44. The van der Waals surface area contributed by atoms with Crippen molar-refractivity contribution < 1.29 is 9.90 Å². The molecule has 2 heterocycles. The van der Waals surface area contributed by atoms with Crippen molar-refractivity contribution in [3.8, 4) is 17.2 Å². The molecule has 1 saturated heterocycles. The third-order valence-electron chi connectivity index (χ3n) is 4.66. The molecule has 24 heavy (non-hydrogen) atoms. The fraction of sp³-hybridized carbons (Fsp3) is 0.389. The van der Waals surface area contributed by atoms with E-state index in [0.29, 0.717) is 18.7 Å². The van der Waals surface area contributed by atoms with E-state index >= 15 is 0 Å². The first kappa shape index (κ1) is 16.1. The Kier molecular flexibility index (Phi) is 4.02. The van der Waals surface area contributed by atoms with Crippen molar-refractivity contribution in [2.24, 2.45) is 5.92 Å². The van der Waals surface area contributed by atoms with Gasteiger partial charge >= 0.3 is 5.97 Å². The van der Waals surface area contributed by atoms with E-state index in [0.717, 1.165) is 34.7 Å². The third-order valence-corrected chi connectivity index (χ3v) is 4.66. The topological polar surface area (TPSA) is 82.2 Å². The van der Waals surface area contributed by atoms with Gasteiger partial charge in [-0.3, -0.25) is 9.48 Å². The molecule has 1 N–H and O–H groups in total. The van der Waals surface area contributed by atoms with Gasteiger partial charge in [0, 0.05) is 30.9 Å². The summed E-state index contributed by atoms with van der Waals surface area (Å²) in [4.78, 5) is 12.9. The third kappa shape index (κ3) is 2.52. The first-order chi connectivity index (χ1) is 11.5. The summed E-state index contributed by atoms with van der Waals surface area (Å²) in [6, 6.07) is 8.02. The van der Waals surface area contributed by atoms with Crippen LogP contribution in [0.25, 0.3) is 11.1 Å². The van der Waals surface area contributed by atoms with Crippen LogP contribution in [0.4, 0.5) is 5.69 Å². The van der Waals surface area contributed by atoms with Crippen LogP contribution in [0.15, 0.2) is 18.2 Å². The number of aromatic nitrogens is 2. The van der Waals surface area contributed by atoms with E-state index in [9.17, 15) is 10.1 Å². The number of aliphatic carboxylic acids is 1. The molecule has 124 valence electrons. The van der Waals surface area contributed by atoms with Crippen molar-refractivity contribution in [2.45, 2.75) is 27.3 Å². The van der Waals surface area contributed by atoms with Crippen LogP contribution in [0, 0.1) is 31.1 Å². The van der Waals surface area contributed by atoms with Gasteiger partial charge < -0.3 is 10.0 Å². The van der Waals surface area contributed by atoms with Crippen LogP contribution in [-0.4, -0.2) is 33.9 Å². The average Bonchev–Trinajstić information content (AvgIpc) is 2.80. The number of carboxylic acids is 1. The first-order valence-corrected chi connectivity index (χ1v) is 8.02. The van der Waals surface area contributed by atoms with Gasteiger partial charge in [-0.15, -0.1) is 0 Å². The van der Waals surface area contributed by atoms with Crippen LogP contribution in [0.3, 0.4) is 0 Å². The number of hydrogen-bond acceptors (Lipinski definition) is 4. The van der Waals surface area contributed by atoms with Gasteiger partial charge in [-0.1, -0.05) is 6.07 Å². The number of rotatable bonds is 4. The maximum Gasteiger partial charge on any atom is 0.310 e. The van der Waals surface area contributed by atoms with Crippen LogP contribution in [-0.2, 0) is 11.3 Å². The molecule has 1 aliphatic rings. The zero-order chi connectivity index (χ0) is 17.4. The molecular weight excluding hydrogens is 304 g/mol. The van der Waals surface area contributed by atoms with Gasteiger partial charge in [-0.25, -0.2) is 0 Å². The van der Waals surface area contributed by atoms with Crippen molar-refractivity contribution in [1.29, 1.82) is 5.26 Å². The van der Waals surface area contributed by atoms with Crippen molar-refractivity contribution in [1.82, 2.24) is 9.78 Å². The predicted molar refractivity (Wildman–Crippen MR) is 90.9 cm³/mol. The Hall–Kier alpha value is -2.81. The Balaban J connectivity index is 1.95. The largest absolute Gasteiger partial charge is 0.481 e. The van der Waals surface area contributed by atoms with E-state index in [-0.39, 0.29) is 5.92 Å². The SMILES string of the molecule is CCn1nc(C)c(-c2ccc(N3CC(C(=O)O)C3)c(C#N)c2)c1C. The van der Waals surface area contributed by atoms with Gasteiger partial charge in [0.15, 0.2) is 0 Å². The summed E-state index contributed by atoms with van der Waals surface area (Å²) in [5.74, 6) is -1.12. The lowest BCUT2D eigenvalue weighted by atomic mass is 9.95. The molecule has 0 saturated carbocycles. The molecular formula is C18H20N4O2. The quantitative estimate of drug-likeness (QED) is 0.934. The fourth-order valence-electron chi connectivity index (χ4n) is 3.31. The summed E-state index contributed by atoms with van der Waals surface area (Å²) in [5, 5.41) is 23.0. The number of benzene rings is 1. The summed E-state index contributed by atoms with van der Waals surface area (Å²) in [6.45, 7) is 7.77. The standard InChI is InChI=1S/C18H20N4O2/c1-4-22-12(3)17(11(2)20-22)13-5-6-16(14(7-13)8-19)21-9-15(10-21)18(23)24/h5-7,15H,4,9-10H2,1-3H3,(H,23,24). The first-order valence-electron chi connectivity index (χ1n) is 8.02. The van der Waals surface area contributed by atoms with E-state index in [1.807, 2.05) is 41.6 Å². The molecule has 1 aliphatic heterocycles. The Labute approximate surface area is 140 Å². The molecule has 6 nitrogen and oxygen atoms in total. The minimum Gasteiger partial charge on any atom is -0.481 e. The second-order valence-electron chi connectivity index (χ2n) is 6.15. The van der Waals surface area contributed by atoms with Crippen molar-refractivity contribution in [3.63, 3.8) is 0 Å². The summed E-state index contributed by atoms with van der Waals surface area (Å²) in [7, 11) is 0. The van der Waals surface area contributed by atoms with Crippen LogP contribution in [0.1, 0.15) is 23.9 Å². The molecule has 0 bridgehead atoms. The van der Waals surface area contributed by atoms with E-state index in [4.69, 9.17) is 5.11 Å². The van der Waals surface area contributed by atoms with Gasteiger partial charge in [-0.2, -0.15) is 10.4 Å². The molecule has 0 atom stereocenters. The minimum absolute atomic E-state index is 0.344. The summed E-state index contributed by atoms with van der Waals surface area (Å²) < 4.78 is 1.96. The normalized spacial score (nSPS) is 14.3. The summed E-state index contributed by atoms with van der Waals surface area (Å²) in [6.07, 6.45) is 0. The minimum atomic E-state index is -0.778. The van der Waals surface area contributed by atoms with Crippen LogP contribution in [0.5, 0.6) is 0 Å². The zero-order valence-electron chi connectivity index (χ0n) is 14.1. The molecule has 0 radical (unpaired) electrons. The van der Waals surface area contributed by atoms with Gasteiger partial charge in [0.05, 0.1) is 22.9 Å². The van der Waals surface area contributed by atoms with E-state index in [1.54, 1.807) is 0 Å². The van der Waals surface area contributed by atoms with Crippen molar-refractivity contribution in [2.75, 3.05) is 18.0 Å². The van der Waals surface area contributed by atoms with Gasteiger partial charge in [0.1, 0.15) is 6.07 Å². The molecule has 0 unspecified atom stereocenters. The average molecular weight is 324 g/mol. The van der Waals surface area contributed by atoms with Crippen LogP contribution < -0.4 is 4.90 Å². The maximum atomic E-state index is 11.0. The van der Waals surface area contributed by atoms with Crippen LogP contribution >= 0.6 is 0 Å². The smallest absolute Gasteiger partial charge is 0.310 e. The molecule has 1 aromatic heterocycles. The highest BCUT2D eigenvalue weighted by molar-refractivity contribution is 5.78.